The molecule has 222 valence electrons. The molecular weight excluding hydrogens is 563 g/mol. The minimum absolute atomic E-state index is 0.447. The number of aryl methyl sites for hydroxylation is 2. The molecule has 0 aliphatic carbocycles. The molecule has 8 heteroatoms. The highest BCUT2D eigenvalue weighted by Crippen LogP contribution is 2.66. The summed E-state index contributed by atoms with van der Waals surface area (Å²) in [6.45, 7) is 8.53. The second-order valence-corrected chi connectivity index (χ2v) is 13.2. The Kier molecular flexibility index (Phi) is 6.96. The van der Waals surface area contributed by atoms with Gasteiger partial charge in [-0.25, -0.2) is 4.99 Å². The zero-order valence-electron chi connectivity index (χ0n) is 25.4. The van der Waals surface area contributed by atoms with Crippen molar-refractivity contribution in [2.24, 2.45) is 21.2 Å². The smallest absolute Gasteiger partial charge is 0.140 e. The molecule has 3 aromatic rings. The van der Waals surface area contributed by atoms with Gasteiger partial charge in [0, 0.05) is 36.4 Å². The van der Waals surface area contributed by atoms with Crippen LogP contribution in [-0.2, 0) is 6.54 Å². The first kappa shape index (κ1) is 28.5. The van der Waals surface area contributed by atoms with E-state index in [1.165, 1.54) is 5.56 Å². The van der Waals surface area contributed by atoms with Crippen LogP contribution in [0.2, 0.25) is 0 Å². The number of aliphatic imine (C=N–C) groups is 1. The molecular formula is C36H37N7S. The van der Waals surface area contributed by atoms with Crippen molar-refractivity contribution >= 4 is 34.4 Å². The second-order valence-electron chi connectivity index (χ2n) is 12.8. The Morgan fingerprint density at radius 3 is 1.95 bits per heavy atom. The first-order chi connectivity index (χ1) is 21.4. The summed E-state index contributed by atoms with van der Waals surface area (Å²) in [6.07, 6.45) is 1.44. The summed E-state index contributed by atoms with van der Waals surface area (Å²) < 4.78 is 0. The highest BCUT2D eigenvalue weighted by molar-refractivity contribution is 7.80. The molecule has 0 amide bonds. The van der Waals surface area contributed by atoms with Crippen LogP contribution in [0, 0.1) is 52.8 Å². The van der Waals surface area contributed by atoms with E-state index in [1.54, 1.807) is 0 Å². The molecule has 4 heterocycles. The molecule has 2 bridgehead atoms. The van der Waals surface area contributed by atoms with Crippen molar-refractivity contribution in [1.29, 1.82) is 10.5 Å². The van der Waals surface area contributed by atoms with Gasteiger partial charge in [0.25, 0.3) is 0 Å². The van der Waals surface area contributed by atoms with Crippen molar-refractivity contribution in [3.05, 3.63) is 95.6 Å². The van der Waals surface area contributed by atoms with Crippen LogP contribution in [0.5, 0.6) is 0 Å². The van der Waals surface area contributed by atoms with Crippen LogP contribution in [0.1, 0.15) is 29.5 Å². The van der Waals surface area contributed by atoms with Crippen LogP contribution in [0.25, 0.3) is 0 Å². The van der Waals surface area contributed by atoms with E-state index in [1.807, 2.05) is 30.3 Å². The number of nitrogens with zero attached hydrogens (tertiary/aromatic N) is 7. The Labute approximate surface area is 265 Å². The summed E-state index contributed by atoms with van der Waals surface area (Å²) in [7, 11) is 0. The van der Waals surface area contributed by atoms with Crippen LogP contribution in [0.3, 0.4) is 0 Å². The lowest BCUT2D eigenvalue weighted by Crippen LogP contribution is -2.80. The van der Waals surface area contributed by atoms with Gasteiger partial charge >= 0.3 is 0 Å². The lowest BCUT2D eigenvalue weighted by Gasteiger charge is -2.68. The average molecular weight is 600 g/mol. The third-order valence-corrected chi connectivity index (χ3v) is 11.3. The third kappa shape index (κ3) is 4.01. The summed E-state index contributed by atoms with van der Waals surface area (Å²) in [5.74, 6) is 0.746. The van der Waals surface area contributed by atoms with Crippen molar-refractivity contribution in [1.82, 2.24) is 9.80 Å². The summed E-state index contributed by atoms with van der Waals surface area (Å²) in [6, 6.07) is 32.8. The standard InChI is InChI=1S/C36H37N7S/c1-27-10-6-8-14-30(27)41-23-34(21-37)32-39-25-42(31-15-9-7-11-28(31)2)26-43(32)33(44)35(22-38,24-41)36(34)16-18-40(19-17-36)20-29-12-4-3-5-13-29/h3-15H,16-20,23-26H2,1-2H3. The zero-order valence-corrected chi connectivity index (χ0v) is 26.2. The molecule has 7 rings (SSSR count). The van der Waals surface area contributed by atoms with Gasteiger partial charge in [-0.2, -0.15) is 10.5 Å². The van der Waals surface area contributed by atoms with Gasteiger partial charge in [-0.1, -0.05) is 78.9 Å². The van der Waals surface area contributed by atoms with Crippen molar-refractivity contribution in [3.63, 3.8) is 0 Å². The van der Waals surface area contributed by atoms with Crippen molar-refractivity contribution in [3.8, 4) is 12.1 Å². The molecule has 3 saturated heterocycles. The number of para-hydroxylation sites is 2. The molecule has 4 aliphatic rings. The first-order valence-electron chi connectivity index (χ1n) is 15.4. The molecule has 2 atom stereocenters. The number of thiocarbonyl (C=S) groups is 1. The Balaban J connectivity index is 1.34. The number of nitriles is 2. The van der Waals surface area contributed by atoms with E-state index in [2.05, 4.69) is 94.1 Å². The molecule has 1 spiro atoms. The number of anilines is 2. The van der Waals surface area contributed by atoms with Crippen LogP contribution < -0.4 is 9.80 Å². The largest absolute Gasteiger partial charge is 0.367 e. The Hall–Kier alpha value is -4.24. The topological polar surface area (TPSA) is 72.9 Å². The Bertz CT molecular complexity index is 1710. The number of likely N-dealkylation sites (tertiary alicyclic amines) is 1. The van der Waals surface area contributed by atoms with Crippen LogP contribution >= 0.6 is 12.2 Å². The number of rotatable bonds is 4. The van der Waals surface area contributed by atoms with Gasteiger partial charge in [0.2, 0.25) is 0 Å². The molecule has 7 nitrogen and oxygen atoms in total. The number of hydrogen-bond acceptors (Lipinski definition) is 7. The number of hydrogen-bond donors (Lipinski definition) is 0. The van der Waals surface area contributed by atoms with Gasteiger partial charge < -0.3 is 14.7 Å². The van der Waals surface area contributed by atoms with E-state index in [9.17, 15) is 10.5 Å². The monoisotopic (exact) mass is 599 g/mol. The Morgan fingerprint density at radius 1 is 0.773 bits per heavy atom. The third-order valence-electron chi connectivity index (χ3n) is 10.7. The maximum atomic E-state index is 11.4. The molecule has 3 aromatic carbocycles. The zero-order chi connectivity index (χ0) is 30.5. The molecule has 0 N–H and O–H groups in total. The van der Waals surface area contributed by atoms with Gasteiger partial charge in [-0.15, -0.1) is 0 Å². The summed E-state index contributed by atoms with van der Waals surface area (Å²) >= 11 is 6.43. The quantitative estimate of drug-likeness (QED) is 0.346. The summed E-state index contributed by atoms with van der Waals surface area (Å²) in [5.41, 5.74) is 3.03. The second kappa shape index (κ2) is 10.7. The van der Waals surface area contributed by atoms with Gasteiger partial charge in [0.15, 0.2) is 0 Å². The van der Waals surface area contributed by atoms with E-state index in [0.29, 0.717) is 31.4 Å². The summed E-state index contributed by atoms with van der Waals surface area (Å²) in [4.78, 5) is 14.8. The maximum absolute atomic E-state index is 11.4. The predicted molar refractivity (Wildman–Crippen MR) is 178 cm³/mol. The highest BCUT2D eigenvalue weighted by Gasteiger charge is 2.76. The van der Waals surface area contributed by atoms with Crippen molar-refractivity contribution in [2.45, 2.75) is 33.2 Å². The highest BCUT2D eigenvalue weighted by atomic mass is 32.1. The number of fused-ring (bicyclic) bond motifs is 2. The number of benzene rings is 3. The fourth-order valence-corrected chi connectivity index (χ4v) is 8.91. The van der Waals surface area contributed by atoms with Gasteiger partial charge in [-0.05, 0) is 68.6 Å². The normalized spacial score (nSPS) is 26.0. The molecule has 0 aromatic heterocycles. The molecule has 3 fully saturated rings. The predicted octanol–water partition coefficient (Wildman–Crippen LogP) is 5.90. The maximum Gasteiger partial charge on any atom is 0.140 e. The number of amidine groups is 1. The number of piperidine rings is 3. The fourth-order valence-electron chi connectivity index (χ4n) is 8.46. The first-order valence-corrected chi connectivity index (χ1v) is 15.9. The lowest BCUT2D eigenvalue weighted by atomic mass is 9.43. The van der Waals surface area contributed by atoms with E-state index in [-0.39, 0.29) is 0 Å². The van der Waals surface area contributed by atoms with E-state index in [0.717, 1.165) is 60.8 Å². The van der Waals surface area contributed by atoms with E-state index in [4.69, 9.17) is 17.2 Å². The SMILES string of the molecule is Cc1ccccc1N1CN=C2N(C1)C(=S)C1(C#N)CN(c3ccccc3C)CC2(C#N)C12CCN(Cc1ccccc1)CC2. The molecule has 0 saturated carbocycles. The average Bonchev–Trinajstić information content (AvgIpc) is 3.06. The van der Waals surface area contributed by atoms with Gasteiger partial charge in [0.05, 0.1) is 18.8 Å². The van der Waals surface area contributed by atoms with Crippen molar-refractivity contribution in [2.75, 3.05) is 49.3 Å². The molecule has 2 unspecified atom stereocenters. The van der Waals surface area contributed by atoms with Crippen molar-refractivity contribution < 1.29 is 0 Å². The van der Waals surface area contributed by atoms with Crippen LogP contribution in [-0.4, -0.2) is 60.1 Å². The van der Waals surface area contributed by atoms with E-state index >= 15 is 0 Å². The van der Waals surface area contributed by atoms with Crippen LogP contribution in [0.15, 0.2) is 83.9 Å². The minimum Gasteiger partial charge on any atom is -0.367 e. The molecule has 4 aliphatic heterocycles. The van der Waals surface area contributed by atoms with Gasteiger partial charge in [-0.3, -0.25) is 4.90 Å². The van der Waals surface area contributed by atoms with Gasteiger partial charge in [0.1, 0.15) is 28.3 Å². The lowest BCUT2D eigenvalue weighted by molar-refractivity contribution is -0.0460. The van der Waals surface area contributed by atoms with Crippen LogP contribution in [0.4, 0.5) is 11.4 Å². The molecule has 0 radical (unpaired) electrons. The Morgan fingerprint density at radius 2 is 1.34 bits per heavy atom. The summed E-state index contributed by atoms with van der Waals surface area (Å²) in [5, 5.41) is 22.8. The fraction of sp³-hybridized carbons (Fsp3) is 0.389. The minimum atomic E-state index is -1.04. The van der Waals surface area contributed by atoms with E-state index < -0.39 is 16.2 Å². The molecule has 44 heavy (non-hydrogen) atoms.